The van der Waals surface area contributed by atoms with Crippen LogP contribution < -0.4 is 0 Å². The fraction of sp³-hybridized carbons (Fsp3) is 0.200. The molecule has 0 aliphatic heterocycles. The first-order valence-corrected chi connectivity index (χ1v) is 6.09. The van der Waals surface area contributed by atoms with Crippen LogP contribution in [0.2, 0.25) is 0 Å². The number of hydrogen-bond donors (Lipinski definition) is 0. The van der Waals surface area contributed by atoms with Gasteiger partial charge < -0.3 is 0 Å². The summed E-state index contributed by atoms with van der Waals surface area (Å²) in [4.78, 5) is 0. The van der Waals surface area contributed by atoms with Gasteiger partial charge >= 0.3 is 0 Å². The van der Waals surface area contributed by atoms with Crippen molar-refractivity contribution >= 4 is 11.6 Å². The lowest BCUT2D eigenvalue weighted by Gasteiger charge is -2.15. The van der Waals surface area contributed by atoms with Crippen molar-refractivity contribution in [3.8, 4) is 0 Å². The molecule has 0 spiro atoms. The number of halogens is 3. The molecule has 0 saturated carbocycles. The Balaban J connectivity index is 2.51. The van der Waals surface area contributed by atoms with Crippen LogP contribution in [0.1, 0.15) is 27.6 Å². The van der Waals surface area contributed by atoms with Crippen molar-refractivity contribution in [2.24, 2.45) is 0 Å². The molecule has 0 N–H and O–H groups in total. The van der Waals surface area contributed by atoms with Crippen LogP contribution in [0.15, 0.2) is 36.4 Å². The Morgan fingerprint density at radius 2 is 1.72 bits per heavy atom. The molecular weight excluding hydrogens is 254 g/mol. The van der Waals surface area contributed by atoms with Crippen molar-refractivity contribution in [2.45, 2.75) is 19.2 Å². The minimum atomic E-state index is -0.680. The van der Waals surface area contributed by atoms with Crippen molar-refractivity contribution in [2.75, 3.05) is 0 Å². The summed E-state index contributed by atoms with van der Waals surface area (Å²) in [6.45, 7) is 3.89. The third-order valence-electron chi connectivity index (χ3n) is 3.15. The molecule has 1 unspecified atom stereocenters. The van der Waals surface area contributed by atoms with E-state index >= 15 is 0 Å². The van der Waals surface area contributed by atoms with E-state index in [4.69, 9.17) is 11.6 Å². The van der Waals surface area contributed by atoms with Gasteiger partial charge in [-0.15, -0.1) is 11.6 Å². The Morgan fingerprint density at radius 1 is 1.00 bits per heavy atom. The smallest absolute Gasteiger partial charge is 0.128 e. The number of alkyl halides is 1. The highest BCUT2D eigenvalue weighted by atomic mass is 35.5. The summed E-state index contributed by atoms with van der Waals surface area (Å²) in [6, 6.07) is 9.00. The monoisotopic (exact) mass is 266 g/mol. The van der Waals surface area contributed by atoms with Gasteiger partial charge in [-0.25, -0.2) is 8.78 Å². The molecule has 2 aromatic rings. The van der Waals surface area contributed by atoms with Crippen molar-refractivity contribution < 1.29 is 8.78 Å². The van der Waals surface area contributed by atoms with Crippen molar-refractivity contribution in [1.29, 1.82) is 0 Å². The molecule has 94 valence electrons. The van der Waals surface area contributed by atoms with Crippen LogP contribution in [0.5, 0.6) is 0 Å². The van der Waals surface area contributed by atoms with E-state index in [1.165, 1.54) is 0 Å². The van der Waals surface area contributed by atoms with E-state index in [2.05, 4.69) is 0 Å². The van der Waals surface area contributed by atoms with Crippen molar-refractivity contribution in [3.05, 3.63) is 70.3 Å². The minimum Gasteiger partial charge on any atom is -0.207 e. The number of hydrogen-bond acceptors (Lipinski definition) is 0. The van der Waals surface area contributed by atoms with Gasteiger partial charge in [0.1, 0.15) is 11.6 Å². The molecule has 0 fully saturated rings. The summed E-state index contributed by atoms with van der Waals surface area (Å²) in [5.74, 6) is -0.973. The highest BCUT2D eigenvalue weighted by Crippen LogP contribution is 2.33. The van der Waals surface area contributed by atoms with Crippen LogP contribution in [0.25, 0.3) is 0 Å². The number of benzene rings is 2. The summed E-state index contributed by atoms with van der Waals surface area (Å²) < 4.78 is 26.9. The predicted octanol–water partition coefficient (Wildman–Crippen LogP) is 4.91. The van der Waals surface area contributed by atoms with Gasteiger partial charge in [0.15, 0.2) is 0 Å². The van der Waals surface area contributed by atoms with Gasteiger partial charge in [-0.2, -0.15) is 0 Å². The third kappa shape index (κ3) is 2.39. The second-order valence-electron chi connectivity index (χ2n) is 4.32. The summed E-state index contributed by atoms with van der Waals surface area (Å²) >= 11 is 6.28. The molecule has 0 aliphatic carbocycles. The predicted molar refractivity (Wildman–Crippen MR) is 70.0 cm³/mol. The van der Waals surface area contributed by atoms with Gasteiger partial charge in [0.05, 0.1) is 5.38 Å². The first kappa shape index (κ1) is 13.0. The van der Waals surface area contributed by atoms with E-state index in [1.54, 1.807) is 0 Å². The van der Waals surface area contributed by atoms with Crippen LogP contribution in [0, 0.1) is 25.5 Å². The van der Waals surface area contributed by atoms with E-state index in [9.17, 15) is 8.78 Å². The Kier molecular flexibility index (Phi) is 3.67. The molecule has 0 radical (unpaired) electrons. The van der Waals surface area contributed by atoms with Crippen LogP contribution in [-0.4, -0.2) is 0 Å². The highest BCUT2D eigenvalue weighted by Gasteiger charge is 2.18. The summed E-state index contributed by atoms with van der Waals surface area (Å²) in [5.41, 5.74) is 3.06. The van der Waals surface area contributed by atoms with Crippen LogP contribution in [-0.2, 0) is 0 Å². The maximum Gasteiger partial charge on any atom is 0.128 e. The Bertz CT molecular complexity index is 577. The summed E-state index contributed by atoms with van der Waals surface area (Å²) in [6.07, 6.45) is 0. The zero-order valence-corrected chi connectivity index (χ0v) is 10.9. The average Bonchev–Trinajstić information content (AvgIpc) is 2.35. The van der Waals surface area contributed by atoms with Gasteiger partial charge in [0.2, 0.25) is 0 Å². The molecule has 2 rings (SSSR count). The molecule has 2 aromatic carbocycles. The SMILES string of the molecule is Cc1cccc(C(Cl)c2cc(F)ccc2F)c1C. The summed E-state index contributed by atoms with van der Waals surface area (Å²) in [5, 5.41) is -0.680. The number of aryl methyl sites for hydroxylation is 1. The highest BCUT2D eigenvalue weighted by molar-refractivity contribution is 6.22. The summed E-state index contributed by atoms with van der Waals surface area (Å²) in [7, 11) is 0. The normalized spacial score (nSPS) is 12.5. The van der Waals surface area contributed by atoms with E-state index in [-0.39, 0.29) is 5.56 Å². The topological polar surface area (TPSA) is 0 Å². The Hall–Kier alpha value is -1.41. The van der Waals surface area contributed by atoms with E-state index in [0.717, 1.165) is 34.9 Å². The molecular formula is C15H13ClF2. The van der Waals surface area contributed by atoms with E-state index in [1.807, 2.05) is 32.0 Å². The zero-order chi connectivity index (χ0) is 13.3. The lowest BCUT2D eigenvalue weighted by atomic mass is 9.96. The van der Waals surface area contributed by atoms with Crippen LogP contribution >= 0.6 is 11.6 Å². The standard InChI is InChI=1S/C15H13ClF2/c1-9-4-3-5-12(10(9)2)15(16)13-8-11(17)6-7-14(13)18/h3-8,15H,1-2H3. The van der Waals surface area contributed by atoms with Crippen LogP contribution in [0.4, 0.5) is 8.78 Å². The van der Waals surface area contributed by atoms with Gasteiger partial charge in [-0.1, -0.05) is 18.2 Å². The first-order valence-electron chi connectivity index (χ1n) is 5.66. The molecule has 0 heterocycles. The molecule has 0 bridgehead atoms. The first-order chi connectivity index (χ1) is 8.50. The van der Waals surface area contributed by atoms with Crippen LogP contribution in [0.3, 0.4) is 0 Å². The minimum absolute atomic E-state index is 0.172. The van der Waals surface area contributed by atoms with Gasteiger partial charge in [-0.3, -0.25) is 0 Å². The molecule has 0 nitrogen and oxygen atoms in total. The lowest BCUT2D eigenvalue weighted by Crippen LogP contribution is -2.01. The van der Waals surface area contributed by atoms with Gasteiger partial charge in [0, 0.05) is 5.56 Å². The quantitative estimate of drug-likeness (QED) is 0.678. The van der Waals surface area contributed by atoms with Crippen molar-refractivity contribution in [3.63, 3.8) is 0 Å². The molecule has 3 heteroatoms. The molecule has 1 atom stereocenters. The maximum atomic E-state index is 13.7. The second kappa shape index (κ2) is 5.07. The van der Waals surface area contributed by atoms with Gasteiger partial charge in [0.25, 0.3) is 0 Å². The molecule has 0 saturated heterocycles. The molecule has 18 heavy (non-hydrogen) atoms. The third-order valence-corrected chi connectivity index (χ3v) is 3.62. The zero-order valence-electron chi connectivity index (χ0n) is 10.2. The van der Waals surface area contributed by atoms with Crippen molar-refractivity contribution in [1.82, 2.24) is 0 Å². The fourth-order valence-electron chi connectivity index (χ4n) is 1.92. The molecule has 0 aliphatic rings. The Labute approximate surface area is 110 Å². The maximum absolute atomic E-state index is 13.7. The molecule has 0 aromatic heterocycles. The second-order valence-corrected chi connectivity index (χ2v) is 4.75. The number of rotatable bonds is 2. The van der Waals surface area contributed by atoms with Gasteiger partial charge in [-0.05, 0) is 48.7 Å². The Morgan fingerprint density at radius 3 is 2.44 bits per heavy atom. The van der Waals surface area contributed by atoms with E-state index in [0.29, 0.717) is 0 Å². The van der Waals surface area contributed by atoms with E-state index < -0.39 is 17.0 Å². The lowest BCUT2D eigenvalue weighted by molar-refractivity contribution is 0.587. The average molecular weight is 267 g/mol. The molecule has 0 amide bonds. The largest absolute Gasteiger partial charge is 0.207 e. The fourth-order valence-corrected chi connectivity index (χ4v) is 2.33.